The highest BCUT2D eigenvalue weighted by Crippen LogP contribution is 2.34. The Bertz CT molecular complexity index is 524. The molecule has 2 heterocycles. The summed E-state index contributed by atoms with van der Waals surface area (Å²) < 4.78 is 13.7. The zero-order valence-electron chi connectivity index (χ0n) is 11.9. The Labute approximate surface area is 123 Å². The van der Waals surface area contributed by atoms with Crippen molar-refractivity contribution >= 4 is 11.4 Å². The molecule has 1 N–H and O–H groups in total. The molecule has 21 heavy (non-hydrogen) atoms. The van der Waals surface area contributed by atoms with Gasteiger partial charge in [0.05, 0.1) is 4.92 Å². The number of nitro benzene ring substituents is 1. The van der Waals surface area contributed by atoms with Gasteiger partial charge in [-0.15, -0.1) is 0 Å². The minimum atomic E-state index is -0.753. The lowest BCUT2D eigenvalue weighted by molar-refractivity contribution is -0.386. The molecule has 1 aromatic carbocycles. The quantitative estimate of drug-likeness (QED) is 0.687. The Hall–Kier alpha value is -1.69. The van der Waals surface area contributed by atoms with Crippen LogP contribution in [0.5, 0.6) is 0 Å². The van der Waals surface area contributed by atoms with Crippen LogP contribution in [0.15, 0.2) is 18.2 Å². The highest BCUT2D eigenvalue weighted by molar-refractivity contribution is 5.64. The van der Waals surface area contributed by atoms with Crippen LogP contribution in [0.2, 0.25) is 0 Å². The average molecular weight is 293 g/mol. The fourth-order valence-electron chi connectivity index (χ4n) is 3.60. The van der Waals surface area contributed by atoms with E-state index in [2.05, 4.69) is 5.32 Å². The molecule has 1 aromatic rings. The van der Waals surface area contributed by atoms with Crippen LogP contribution in [-0.4, -0.2) is 30.6 Å². The number of nitrogens with one attached hydrogen (secondary N) is 1. The van der Waals surface area contributed by atoms with Crippen LogP contribution >= 0.6 is 0 Å². The number of para-hydroxylation sites is 1. The molecule has 3 rings (SSSR count). The molecule has 0 amide bonds. The Morgan fingerprint density at radius 2 is 2.05 bits per heavy atom. The maximum atomic E-state index is 13.7. The summed E-state index contributed by atoms with van der Waals surface area (Å²) in [4.78, 5) is 12.4. The van der Waals surface area contributed by atoms with Gasteiger partial charge in [-0.1, -0.05) is 6.07 Å². The lowest BCUT2D eigenvalue weighted by atomic mass is 9.88. The van der Waals surface area contributed by atoms with Gasteiger partial charge in [0.15, 0.2) is 0 Å². The maximum absolute atomic E-state index is 13.7. The number of rotatable bonds is 3. The molecule has 2 saturated heterocycles. The molecule has 5 nitrogen and oxygen atoms in total. The zero-order chi connectivity index (χ0) is 14.8. The van der Waals surface area contributed by atoms with Crippen LogP contribution in [0.1, 0.15) is 25.7 Å². The Balaban J connectivity index is 1.72. The number of anilines is 1. The van der Waals surface area contributed by atoms with Gasteiger partial charge >= 0.3 is 5.69 Å². The topological polar surface area (TPSA) is 58.4 Å². The third-order valence-corrected chi connectivity index (χ3v) is 4.70. The molecule has 2 aliphatic heterocycles. The molecule has 0 saturated carbocycles. The van der Waals surface area contributed by atoms with Crippen molar-refractivity contribution in [1.82, 2.24) is 5.32 Å². The first-order valence-corrected chi connectivity index (χ1v) is 7.58. The SMILES string of the molecule is O=[N+]([O-])c1c(F)cccc1N1CCC(C2CCCN2)CC1. The van der Waals surface area contributed by atoms with E-state index in [1.54, 1.807) is 12.1 Å². The van der Waals surface area contributed by atoms with E-state index in [-0.39, 0.29) is 0 Å². The number of nitrogens with zero attached hydrogens (tertiary/aromatic N) is 2. The molecule has 0 aliphatic carbocycles. The molecule has 6 heteroatoms. The molecular formula is C15H20FN3O2. The first kappa shape index (κ1) is 14.3. The van der Waals surface area contributed by atoms with Gasteiger partial charge in [-0.05, 0) is 50.3 Å². The molecule has 0 aromatic heterocycles. The van der Waals surface area contributed by atoms with Gasteiger partial charge in [0, 0.05) is 19.1 Å². The summed E-state index contributed by atoms with van der Waals surface area (Å²) in [6, 6.07) is 4.93. The van der Waals surface area contributed by atoms with E-state index in [0.29, 0.717) is 17.6 Å². The lowest BCUT2D eigenvalue weighted by Crippen LogP contribution is -2.41. The second-order valence-corrected chi connectivity index (χ2v) is 5.89. The number of halogens is 1. The van der Waals surface area contributed by atoms with E-state index >= 15 is 0 Å². The second-order valence-electron chi connectivity index (χ2n) is 5.89. The lowest BCUT2D eigenvalue weighted by Gasteiger charge is -2.35. The summed E-state index contributed by atoms with van der Waals surface area (Å²) >= 11 is 0. The Morgan fingerprint density at radius 3 is 2.67 bits per heavy atom. The molecule has 0 radical (unpaired) electrons. The largest absolute Gasteiger partial charge is 0.366 e. The van der Waals surface area contributed by atoms with E-state index in [1.807, 2.05) is 4.90 Å². The van der Waals surface area contributed by atoms with Crippen LogP contribution in [0.3, 0.4) is 0 Å². The summed E-state index contributed by atoms with van der Waals surface area (Å²) in [7, 11) is 0. The van der Waals surface area contributed by atoms with E-state index < -0.39 is 16.4 Å². The van der Waals surface area contributed by atoms with Gasteiger partial charge in [0.1, 0.15) is 5.69 Å². The van der Waals surface area contributed by atoms with Crippen molar-refractivity contribution in [3.8, 4) is 0 Å². The highest BCUT2D eigenvalue weighted by Gasteiger charge is 2.31. The molecule has 1 atom stereocenters. The van der Waals surface area contributed by atoms with Crippen molar-refractivity contribution in [3.05, 3.63) is 34.1 Å². The van der Waals surface area contributed by atoms with E-state index in [1.165, 1.54) is 12.8 Å². The molecular weight excluding hydrogens is 273 g/mol. The van der Waals surface area contributed by atoms with Crippen LogP contribution in [0.4, 0.5) is 15.8 Å². The number of hydrogen-bond acceptors (Lipinski definition) is 4. The Kier molecular flexibility index (Phi) is 4.05. The minimum Gasteiger partial charge on any atom is -0.366 e. The van der Waals surface area contributed by atoms with Crippen LogP contribution in [-0.2, 0) is 0 Å². The monoisotopic (exact) mass is 293 g/mol. The summed E-state index contributed by atoms with van der Waals surface area (Å²) in [5, 5.41) is 14.6. The molecule has 2 fully saturated rings. The van der Waals surface area contributed by atoms with Crippen molar-refractivity contribution in [3.63, 3.8) is 0 Å². The number of benzene rings is 1. The van der Waals surface area contributed by atoms with Gasteiger partial charge in [-0.25, -0.2) is 0 Å². The smallest absolute Gasteiger partial charge is 0.327 e. The molecule has 1 unspecified atom stereocenters. The summed E-state index contributed by atoms with van der Waals surface area (Å²) in [5.74, 6) is -0.117. The van der Waals surface area contributed by atoms with Crippen molar-refractivity contribution in [1.29, 1.82) is 0 Å². The van der Waals surface area contributed by atoms with Crippen molar-refractivity contribution in [2.75, 3.05) is 24.5 Å². The standard InChI is InChI=1S/C15H20FN3O2/c16-12-3-1-5-14(15(12)19(20)21)18-9-6-11(7-10-18)13-4-2-8-17-13/h1,3,5,11,13,17H,2,4,6-10H2. The number of hydrogen-bond donors (Lipinski definition) is 1. The van der Waals surface area contributed by atoms with Crippen LogP contribution < -0.4 is 10.2 Å². The fraction of sp³-hybridized carbons (Fsp3) is 0.600. The average Bonchev–Trinajstić information content (AvgIpc) is 3.01. The second kappa shape index (κ2) is 5.97. The molecule has 2 aliphatic rings. The fourth-order valence-corrected chi connectivity index (χ4v) is 3.60. The van der Waals surface area contributed by atoms with E-state index in [4.69, 9.17) is 0 Å². The van der Waals surface area contributed by atoms with Gasteiger partial charge in [-0.2, -0.15) is 4.39 Å². The van der Waals surface area contributed by atoms with Gasteiger partial charge in [0.2, 0.25) is 5.82 Å². The number of nitro groups is 1. The predicted molar refractivity (Wildman–Crippen MR) is 79.0 cm³/mol. The van der Waals surface area contributed by atoms with Crippen molar-refractivity contribution in [2.45, 2.75) is 31.7 Å². The van der Waals surface area contributed by atoms with Gasteiger partial charge in [0.25, 0.3) is 0 Å². The van der Waals surface area contributed by atoms with Crippen LogP contribution in [0.25, 0.3) is 0 Å². The van der Waals surface area contributed by atoms with Crippen LogP contribution in [0, 0.1) is 21.8 Å². The summed E-state index contributed by atoms with van der Waals surface area (Å²) in [5.41, 5.74) is 0.0211. The third kappa shape index (κ3) is 2.85. The van der Waals surface area contributed by atoms with E-state index in [0.717, 1.165) is 38.5 Å². The third-order valence-electron chi connectivity index (χ3n) is 4.70. The van der Waals surface area contributed by atoms with Gasteiger partial charge < -0.3 is 10.2 Å². The van der Waals surface area contributed by atoms with E-state index in [9.17, 15) is 14.5 Å². The summed E-state index contributed by atoms with van der Waals surface area (Å²) in [6.07, 6.45) is 4.47. The maximum Gasteiger partial charge on any atom is 0.327 e. The van der Waals surface area contributed by atoms with Crippen molar-refractivity contribution in [2.24, 2.45) is 5.92 Å². The number of piperidine rings is 1. The first-order valence-electron chi connectivity index (χ1n) is 7.58. The molecule has 114 valence electrons. The first-order chi connectivity index (χ1) is 10.2. The minimum absolute atomic E-state index is 0.394. The Morgan fingerprint density at radius 1 is 1.29 bits per heavy atom. The highest BCUT2D eigenvalue weighted by atomic mass is 19.1. The normalized spacial score (nSPS) is 23.5. The summed E-state index contributed by atoms with van der Waals surface area (Å²) in [6.45, 7) is 2.61. The predicted octanol–water partition coefficient (Wildman–Crippen LogP) is 2.70. The zero-order valence-corrected chi connectivity index (χ0v) is 11.9. The van der Waals surface area contributed by atoms with Crippen molar-refractivity contribution < 1.29 is 9.31 Å². The molecule has 0 bridgehead atoms. The molecule has 0 spiro atoms. The van der Waals surface area contributed by atoms with Gasteiger partial charge in [-0.3, -0.25) is 10.1 Å².